The third kappa shape index (κ3) is 3.17. The van der Waals surface area contributed by atoms with E-state index < -0.39 is 11.4 Å². The molecule has 0 atom stereocenters. The van der Waals surface area contributed by atoms with Crippen molar-refractivity contribution in [1.29, 1.82) is 0 Å². The van der Waals surface area contributed by atoms with Crippen LogP contribution in [0.25, 0.3) is 5.69 Å². The van der Waals surface area contributed by atoms with E-state index in [2.05, 4.69) is 15.4 Å². The molecule has 2 rings (SSSR count). The number of rotatable bonds is 4. The number of nitrogens with one attached hydrogen (secondary N) is 1. The molecule has 0 unspecified atom stereocenters. The summed E-state index contributed by atoms with van der Waals surface area (Å²) in [7, 11) is 0. The van der Waals surface area contributed by atoms with E-state index in [0.29, 0.717) is 0 Å². The normalized spacial score (nSPS) is 11.3. The van der Waals surface area contributed by atoms with Crippen LogP contribution >= 0.6 is 0 Å². The van der Waals surface area contributed by atoms with E-state index in [0.717, 1.165) is 5.69 Å². The highest BCUT2D eigenvalue weighted by Gasteiger charge is 2.22. The summed E-state index contributed by atoms with van der Waals surface area (Å²) in [6.07, 6.45) is 1.48. The zero-order valence-electron chi connectivity index (χ0n) is 10.9. The molecule has 2 aromatic rings. The predicted molar refractivity (Wildman–Crippen MR) is 70.0 cm³/mol. The quantitative estimate of drug-likeness (QED) is 0.851. The lowest BCUT2D eigenvalue weighted by Gasteiger charge is -2.22. The van der Waals surface area contributed by atoms with Crippen molar-refractivity contribution < 1.29 is 9.90 Å². The molecule has 0 saturated heterocycles. The Bertz CT molecular complexity index is 563. The predicted octanol–water partition coefficient (Wildman–Crippen LogP) is 0.768. The van der Waals surface area contributed by atoms with Gasteiger partial charge in [0.1, 0.15) is 6.33 Å². The number of amides is 1. The Labute approximate surface area is 111 Å². The van der Waals surface area contributed by atoms with E-state index in [4.69, 9.17) is 5.11 Å². The molecule has 0 aliphatic carbocycles. The third-order valence-electron chi connectivity index (χ3n) is 2.56. The summed E-state index contributed by atoms with van der Waals surface area (Å²) in [5.74, 6) is -0.334. The van der Waals surface area contributed by atoms with E-state index in [1.807, 2.05) is 30.3 Å². The maximum atomic E-state index is 11.9. The monoisotopic (exact) mass is 260 g/mol. The van der Waals surface area contributed by atoms with Crippen molar-refractivity contribution in [2.24, 2.45) is 0 Å². The first-order chi connectivity index (χ1) is 9.02. The number of para-hydroxylation sites is 1. The van der Waals surface area contributed by atoms with Gasteiger partial charge >= 0.3 is 0 Å². The molecule has 0 bridgehead atoms. The fourth-order valence-corrected chi connectivity index (χ4v) is 1.48. The largest absolute Gasteiger partial charge is 0.394 e. The number of nitrogens with zero attached hydrogens (tertiary/aromatic N) is 3. The molecule has 0 fully saturated rings. The fraction of sp³-hybridized carbons (Fsp3) is 0.308. The van der Waals surface area contributed by atoms with Crippen LogP contribution in [0.4, 0.5) is 0 Å². The Morgan fingerprint density at radius 3 is 2.68 bits per heavy atom. The average Bonchev–Trinajstić information content (AvgIpc) is 2.89. The maximum Gasteiger partial charge on any atom is 0.291 e. The van der Waals surface area contributed by atoms with Gasteiger partial charge in [-0.2, -0.15) is 0 Å². The topological polar surface area (TPSA) is 80.0 Å². The van der Waals surface area contributed by atoms with Crippen molar-refractivity contribution in [3.05, 3.63) is 42.5 Å². The summed E-state index contributed by atoms with van der Waals surface area (Å²) in [5.41, 5.74) is 0.130. The van der Waals surface area contributed by atoms with Crippen LogP contribution in [0.3, 0.4) is 0 Å². The molecule has 1 heterocycles. The lowest BCUT2D eigenvalue weighted by molar-refractivity contribution is 0.0859. The van der Waals surface area contributed by atoms with Crippen LogP contribution in [0.5, 0.6) is 0 Å². The van der Waals surface area contributed by atoms with Crippen molar-refractivity contribution in [3.8, 4) is 5.69 Å². The number of aromatic nitrogens is 3. The molecule has 0 aliphatic rings. The van der Waals surface area contributed by atoms with Crippen molar-refractivity contribution in [2.45, 2.75) is 19.4 Å². The Balaban J connectivity index is 2.16. The Morgan fingerprint density at radius 1 is 1.37 bits per heavy atom. The Hall–Kier alpha value is -2.21. The molecule has 6 nitrogen and oxygen atoms in total. The number of aliphatic hydroxyl groups excluding tert-OH is 1. The van der Waals surface area contributed by atoms with Gasteiger partial charge in [-0.1, -0.05) is 18.2 Å². The van der Waals surface area contributed by atoms with E-state index in [1.165, 1.54) is 11.0 Å². The Morgan fingerprint density at radius 2 is 2.05 bits per heavy atom. The molecule has 1 amide bonds. The first-order valence-electron chi connectivity index (χ1n) is 5.92. The number of benzene rings is 1. The van der Waals surface area contributed by atoms with Gasteiger partial charge in [-0.15, -0.1) is 5.10 Å². The van der Waals surface area contributed by atoms with Crippen LogP contribution in [-0.2, 0) is 0 Å². The second-order valence-corrected chi connectivity index (χ2v) is 4.84. The number of carbonyl (C=O) groups excluding carboxylic acids is 1. The summed E-state index contributed by atoms with van der Waals surface area (Å²) in [6, 6.07) is 9.40. The van der Waals surface area contributed by atoms with Gasteiger partial charge in [0, 0.05) is 0 Å². The van der Waals surface area contributed by atoms with Crippen molar-refractivity contribution in [3.63, 3.8) is 0 Å². The van der Waals surface area contributed by atoms with Crippen LogP contribution in [0, 0.1) is 0 Å². The molecule has 19 heavy (non-hydrogen) atoms. The minimum Gasteiger partial charge on any atom is -0.394 e. The highest BCUT2D eigenvalue weighted by Crippen LogP contribution is 2.06. The molecule has 2 N–H and O–H groups in total. The summed E-state index contributed by atoms with van der Waals surface area (Å²) in [5, 5.41) is 15.9. The van der Waals surface area contributed by atoms with Crippen LogP contribution < -0.4 is 5.32 Å². The van der Waals surface area contributed by atoms with Gasteiger partial charge in [-0.05, 0) is 26.0 Å². The molecule has 1 aromatic heterocycles. The van der Waals surface area contributed by atoms with E-state index in [1.54, 1.807) is 13.8 Å². The van der Waals surface area contributed by atoms with Crippen molar-refractivity contribution in [1.82, 2.24) is 20.1 Å². The second kappa shape index (κ2) is 5.19. The fourth-order valence-electron chi connectivity index (χ4n) is 1.48. The number of hydrogen-bond acceptors (Lipinski definition) is 4. The number of hydrogen-bond donors (Lipinski definition) is 2. The Kier molecular flexibility index (Phi) is 3.62. The van der Waals surface area contributed by atoms with Crippen LogP contribution in [0.1, 0.15) is 24.5 Å². The van der Waals surface area contributed by atoms with Gasteiger partial charge in [0.2, 0.25) is 5.82 Å². The van der Waals surface area contributed by atoms with Gasteiger partial charge in [-0.25, -0.2) is 9.67 Å². The van der Waals surface area contributed by atoms with Gasteiger partial charge in [0.15, 0.2) is 0 Å². The minimum atomic E-state index is -0.699. The maximum absolute atomic E-state index is 11.9. The summed E-state index contributed by atoms with van der Waals surface area (Å²) in [4.78, 5) is 15.9. The zero-order valence-corrected chi connectivity index (χ0v) is 10.9. The highest BCUT2D eigenvalue weighted by molar-refractivity contribution is 5.90. The smallest absolute Gasteiger partial charge is 0.291 e. The van der Waals surface area contributed by atoms with E-state index in [-0.39, 0.29) is 12.4 Å². The van der Waals surface area contributed by atoms with Crippen molar-refractivity contribution in [2.75, 3.05) is 6.61 Å². The summed E-state index contributed by atoms with van der Waals surface area (Å²) < 4.78 is 1.53. The molecule has 6 heteroatoms. The first-order valence-corrected chi connectivity index (χ1v) is 5.92. The van der Waals surface area contributed by atoms with Gasteiger partial charge in [0.25, 0.3) is 5.91 Å². The summed E-state index contributed by atoms with van der Waals surface area (Å²) in [6.45, 7) is 3.29. The van der Waals surface area contributed by atoms with Gasteiger partial charge in [0.05, 0.1) is 17.8 Å². The highest BCUT2D eigenvalue weighted by atomic mass is 16.3. The molecule has 100 valence electrons. The minimum absolute atomic E-state index is 0.0744. The van der Waals surface area contributed by atoms with Gasteiger partial charge in [-0.3, -0.25) is 4.79 Å². The first kappa shape index (κ1) is 13.2. The lowest BCUT2D eigenvalue weighted by atomic mass is 10.1. The SMILES string of the molecule is CC(C)(CO)NC(=O)c1ncn(-c2ccccc2)n1. The molecule has 0 radical (unpaired) electrons. The van der Waals surface area contributed by atoms with Gasteiger partial charge < -0.3 is 10.4 Å². The van der Waals surface area contributed by atoms with Crippen LogP contribution in [0.2, 0.25) is 0 Å². The second-order valence-electron chi connectivity index (χ2n) is 4.84. The third-order valence-corrected chi connectivity index (χ3v) is 2.56. The molecule has 0 spiro atoms. The molecular weight excluding hydrogens is 244 g/mol. The molecule has 0 saturated carbocycles. The molecule has 1 aromatic carbocycles. The lowest BCUT2D eigenvalue weighted by Crippen LogP contribution is -2.46. The molecule has 0 aliphatic heterocycles. The molecular formula is C13H16N4O2. The standard InChI is InChI=1S/C13H16N4O2/c1-13(2,8-18)15-12(19)11-14-9-17(16-11)10-6-4-3-5-7-10/h3-7,9,18H,8H2,1-2H3,(H,15,19). The van der Waals surface area contributed by atoms with Crippen LogP contribution in [0.15, 0.2) is 36.7 Å². The zero-order chi connectivity index (χ0) is 13.9. The summed E-state index contributed by atoms with van der Waals surface area (Å²) >= 11 is 0. The average molecular weight is 260 g/mol. The van der Waals surface area contributed by atoms with E-state index >= 15 is 0 Å². The number of carbonyl (C=O) groups is 1. The van der Waals surface area contributed by atoms with Crippen molar-refractivity contribution >= 4 is 5.91 Å². The van der Waals surface area contributed by atoms with E-state index in [9.17, 15) is 4.79 Å². The van der Waals surface area contributed by atoms with Crippen LogP contribution in [-0.4, -0.2) is 37.9 Å². The number of aliphatic hydroxyl groups is 1.